The second-order valence-electron chi connectivity index (χ2n) is 3.99. The molecule has 4 heteroatoms. The van der Waals surface area contributed by atoms with Gasteiger partial charge < -0.3 is 10.1 Å². The Hall–Kier alpha value is -0.580. The topological polar surface area (TPSA) is 21.3 Å². The molecule has 17 heavy (non-hydrogen) atoms. The summed E-state index contributed by atoms with van der Waals surface area (Å²) in [5, 5.41) is 3.15. The van der Waals surface area contributed by atoms with Crippen molar-refractivity contribution in [2.75, 3.05) is 26.5 Å². The van der Waals surface area contributed by atoms with Gasteiger partial charge in [-0.2, -0.15) is 0 Å². The van der Waals surface area contributed by atoms with E-state index in [-0.39, 0.29) is 11.9 Å². The van der Waals surface area contributed by atoms with E-state index in [9.17, 15) is 4.39 Å². The van der Waals surface area contributed by atoms with Crippen molar-refractivity contribution in [3.63, 3.8) is 0 Å². The predicted molar refractivity (Wildman–Crippen MR) is 71.2 cm³/mol. The number of hydrogen-bond acceptors (Lipinski definition) is 3. The van der Waals surface area contributed by atoms with E-state index in [1.807, 2.05) is 20.0 Å². The number of benzene rings is 1. The molecule has 0 aromatic heterocycles. The van der Waals surface area contributed by atoms with Gasteiger partial charge in [0.25, 0.3) is 0 Å². The lowest BCUT2D eigenvalue weighted by Crippen LogP contribution is -2.14. The van der Waals surface area contributed by atoms with Crippen LogP contribution in [0.15, 0.2) is 17.0 Å². The maximum absolute atomic E-state index is 13.6. The Labute approximate surface area is 107 Å². The van der Waals surface area contributed by atoms with Crippen LogP contribution >= 0.6 is 11.8 Å². The molecule has 1 N–H and O–H groups in total. The van der Waals surface area contributed by atoms with Crippen LogP contribution in [0.3, 0.4) is 0 Å². The fourth-order valence-electron chi connectivity index (χ4n) is 1.52. The van der Waals surface area contributed by atoms with E-state index >= 15 is 0 Å². The Balaban J connectivity index is 2.94. The first-order valence-electron chi connectivity index (χ1n) is 5.69. The van der Waals surface area contributed by atoms with Crippen LogP contribution in [-0.4, -0.2) is 26.5 Å². The van der Waals surface area contributed by atoms with E-state index in [1.165, 1.54) is 0 Å². The number of aryl methyl sites for hydroxylation is 1. The van der Waals surface area contributed by atoms with Gasteiger partial charge in [0.15, 0.2) is 0 Å². The fourth-order valence-corrected chi connectivity index (χ4v) is 2.66. The molecule has 0 saturated carbocycles. The number of thioether (sulfide) groups is 1. The molecule has 0 radical (unpaired) electrons. The molecule has 0 fully saturated rings. The van der Waals surface area contributed by atoms with Gasteiger partial charge in [-0.3, -0.25) is 0 Å². The maximum Gasteiger partial charge on any atom is 0.126 e. The third kappa shape index (κ3) is 3.98. The van der Waals surface area contributed by atoms with Crippen molar-refractivity contribution in [2.24, 2.45) is 0 Å². The number of rotatable bonds is 6. The first kappa shape index (κ1) is 14.5. The minimum absolute atomic E-state index is 0.141. The lowest BCUT2D eigenvalue weighted by Gasteiger charge is -2.16. The van der Waals surface area contributed by atoms with Gasteiger partial charge >= 0.3 is 0 Å². The molecule has 1 rings (SSSR count). The zero-order valence-electron chi connectivity index (χ0n) is 10.8. The zero-order valence-corrected chi connectivity index (χ0v) is 11.7. The second kappa shape index (κ2) is 6.99. The third-order valence-corrected chi connectivity index (χ3v) is 3.77. The number of hydrogen-bond donors (Lipinski definition) is 1. The lowest BCUT2D eigenvalue weighted by atomic mass is 10.1. The Morgan fingerprint density at radius 2 is 2.18 bits per heavy atom. The summed E-state index contributed by atoms with van der Waals surface area (Å²) in [6, 6.07) is 3.69. The Morgan fingerprint density at radius 3 is 2.76 bits per heavy atom. The van der Waals surface area contributed by atoms with Crippen molar-refractivity contribution in [1.29, 1.82) is 0 Å². The van der Waals surface area contributed by atoms with E-state index in [2.05, 4.69) is 5.32 Å². The molecule has 0 saturated heterocycles. The summed E-state index contributed by atoms with van der Waals surface area (Å²) >= 11 is 1.71. The third-order valence-electron chi connectivity index (χ3n) is 2.74. The van der Waals surface area contributed by atoms with E-state index < -0.39 is 0 Å². The van der Waals surface area contributed by atoms with E-state index in [1.54, 1.807) is 31.9 Å². The van der Waals surface area contributed by atoms with Gasteiger partial charge in [0.2, 0.25) is 0 Å². The molecular formula is C13H20FNOS. The molecule has 0 aliphatic rings. The zero-order chi connectivity index (χ0) is 12.8. The van der Waals surface area contributed by atoms with Crippen LogP contribution in [0.1, 0.15) is 24.1 Å². The van der Waals surface area contributed by atoms with Gasteiger partial charge in [-0.25, -0.2) is 4.39 Å². The normalized spacial score (nSPS) is 12.8. The molecule has 0 heterocycles. The van der Waals surface area contributed by atoms with Crippen molar-refractivity contribution >= 4 is 11.8 Å². The van der Waals surface area contributed by atoms with Gasteiger partial charge in [0.1, 0.15) is 5.82 Å². The Bertz CT molecular complexity index is 371. The van der Waals surface area contributed by atoms with Crippen LogP contribution in [0.25, 0.3) is 0 Å². The highest BCUT2D eigenvalue weighted by Crippen LogP contribution is 2.29. The van der Waals surface area contributed by atoms with Gasteiger partial charge in [-0.15, -0.1) is 11.8 Å². The molecule has 1 unspecified atom stereocenters. The van der Waals surface area contributed by atoms with Crippen molar-refractivity contribution in [1.82, 2.24) is 5.32 Å². The average molecular weight is 257 g/mol. The second-order valence-corrected chi connectivity index (χ2v) is 5.13. The SMILES string of the molecule is CNC(C)c1cc(F)c(C)cc1SCCOC. The number of methoxy groups -OCH3 is 1. The molecular weight excluding hydrogens is 237 g/mol. The summed E-state index contributed by atoms with van der Waals surface area (Å²) in [4.78, 5) is 1.13. The van der Waals surface area contributed by atoms with Crippen LogP contribution in [0.4, 0.5) is 4.39 Å². The van der Waals surface area contributed by atoms with Crippen molar-refractivity contribution in [3.8, 4) is 0 Å². The molecule has 2 nitrogen and oxygen atoms in total. The summed E-state index contributed by atoms with van der Waals surface area (Å²) in [5.74, 6) is 0.739. The van der Waals surface area contributed by atoms with Crippen molar-refractivity contribution in [3.05, 3.63) is 29.1 Å². The van der Waals surface area contributed by atoms with Gasteiger partial charge in [0, 0.05) is 23.8 Å². The van der Waals surface area contributed by atoms with Gasteiger partial charge in [0.05, 0.1) is 6.61 Å². The highest BCUT2D eigenvalue weighted by Gasteiger charge is 2.12. The summed E-state index contributed by atoms with van der Waals surface area (Å²) in [6.45, 7) is 4.53. The van der Waals surface area contributed by atoms with Crippen LogP contribution < -0.4 is 5.32 Å². The monoisotopic (exact) mass is 257 g/mol. The van der Waals surface area contributed by atoms with Crippen LogP contribution in [0, 0.1) is 12.7 Å². The Kier molecular flexibility index (Phi) is 5.95. The summed E-state index contributed by atoms with van der Waals surface area (Å²) in [7, 11) is 3.57. The summed E-state index contributed by atoms with van der Waals surface area (Å²) < 4.78 is 18.6. The average Bonchev–Trinajstić information content (AvgIpc) is 2.32. The highest BCUT2D eigenvalue weighted by atomic mass is 32.2. The first-order chi connectivity index (χ1) is 8.10. The largest absolute Gasteiger partial charge is 0.384 e. The molecule has 0 aliphatic heterocycles. The number of nitrogens with one attached hydrogen (secondary N) is 1. The molecule has 0 aliphatic carbocycles. The van der Waals surface area contributed by atoms with Crippen molar-refractivity contribution in [2.45, 2.75) is 24.8 Å². The van der Waals surface area contributed by atoms with Crippen LogP contribution in [-0.2, 0) is 4.74 Å². The lowest BCUT2D eigenvalue weighted by molar-refractivity contribution is 0.218. The van der Waals surface area contributed by atoms with E-state index in [0.29, 0.717) is 12.2 Å². The Morgan fingerprint density at radius 1 is 1.47 bits per heavy atom. The highest BCUT2D eigenvalue weighted by molar-refractivity contribution is 7.99. The van der Waals surface area contributed by atoms with Crippen LogP contribution in [0.2, 0.25) is 0 Å². The molecule has 96 valence electrons. The quantitative estimate of drug-likeness (QED) is 0.625. The van der Waals surface area contributed by atoms with Gasteiger partial charge in [-0.05, 0) is 44.2 Å². The first-order valence-corrected chi connectivity index (χ1v) is 6.67. The minimum Gasteiger partial charge on any atom is -0.384 e. The minimum atomic E-state index is -0.141. The molecule has 0 bridgehead atoms. The number of halogens is 1. The van der Waals surface area contributed by atoms with Crippen molar-refractivity contribution < 1.29 is 9.13 Å². The maximum atomic E-state index is 13.6. The summed E-state index contributed by atoms with van der Waals surface area (Å²) in [6.07, 6.45) is 0. The number of ether oxygens (including phenoxy) is 1. The molecule has 1 aromatic carbocycles. The van der Waals surface area contributed by atoms with E-state index in [0.717, 1.165) is 16.2 Å². The van der Waals surface area contributed by atoms with E-state index in [4.69, 9.17) is 4.74 Å². The summed E-state index contributed by atoms with van der Waals surface area (Å²) in [5.41, 5.74) is 1.70. The molecule has 1 aromatic rings. The van der Waals surface area contributed by atoms with Gasteiger partial charge in [-0.1, -0.05) is 0 Å². The fraction of sp³-hybridized carbons (Fsp3) is 0.538. The van der Waals surface area contributed by atoms with Crippen LogP contribution in [0.5, 0.6) is 0 Å². The molecule has 1 atom stereocenters. The smallest absolute Gasteiger partial charge is 0.126 e. The molecule has 0 amide bonds. The predicted octanol–water partition coefficient (Wildman–Crippen LogP) is 3.15. The molecule has 0 spiro atoms. The standard InChI is InChI=1S/C13H20FNOS/c1-9-7-13(17-6-5-16-4)11(8-12(9)14)10(2)15-3/h7-8,10,15H,5-6H2,1-4H3.